The first-order valence-corrected chi connectivity index (χ1v) is 5.28. The molecule has 1 N–H and O–H groups in total. The summed E-state index contributed by atoms with van der Waals surface area (Å²) in [6.45, 7) is 4.59. The first-order chi connectivity index (χ1) is 6.78. The quantitative estimate of drug-likeness (QED) is 0.651. The molecule has 0 saturated carbocycles. The van der Waals surface area contributed by atoms with Crippen molar-refractivity contribution < 1.29 is 14.3 Å². The first-order valence-electron chi connectivity index (χ1n) is 5.28. The number of hydrogen-bond acceptors (Lipinski definition) is 4. The van der Waals surface area contributed by atoms with Gasteiger partial charge < -0.3 is 14.8 Å². The molecule has 2 rings (SSSR count). The van der Waals surface area contributed by atoms with Gasteiger partial charge in [0.2, 0.25) is 0 Å². The lowest BCUT2D eigenvalue weighted by Crippen LogP contribution is -2.68. The average molecular weight is 199 g/mol. The van der Waals surface area contributed by atoms with E-state index in [4.69, 9.17) is 9.47 Å². The molecule has 0 amide bonds. The zero-order valence-electron chi connectivity index (χ0n) is 8.54. The second kappa shape index (κ2) is 3.87. The van der Waals surface area contributed by atoms with Gasteiger partial charge in [-0.25, -0.2) is 0 Å². The highest BCUT2D eigenvalue weighted by molar-refractivity contribution is 5.74. The van der Waals surface area contributed by atoms with Crippen LogP contribution in [0.5, 0.6) is 0 Å². The van der Waals surface area contributed by atoms with E-state index in [1.54, 1.807) is 0 Å². The third-order valence-corrected chi connectivity index (χ3v) is 3.10. The Labute approximate surface area is 84.0 Å². The smallest absolute Gasteiger partial charge is 0.310 e. The first kappa shape index (κ1) is 9.93. The van der Waals surface area contributed by atoms with Crippen LogP contribution in [0.15, 0.2) is 0 Å². The van der Waals surface area contributed by atoms with E-state index in [1.165, 1.54) is 0 Å². The largest absolute Gasteiger partial charge is 0.466 e. The number of hydrogen-bond donors (Lipinski definition) is 1. The van der Waals surface area contributed by atoms with Gasteiger partial charge in [-0.1, -0.05) is 0 Å². The SMILES string of the molecule is CCOC(=O)C1CCCNC12COC2. The van der Waals surface area contributed by atoms with E-state index < -0.39 is 0 Å². The fourth-order valence-electron chi connectivity index (χ4n) is 2.25. The molecule has 80 valence electrons. The summed E-state index contributed by atoms with van der Waals surface area (Å²) in [5.74, 6) is -0.0760. The Morgan fingerprint density at radius 3 is 3.00 bits per heavy atom. The van der Waals surface area contributed by atoms with Crippen LogP contribution in [0.3, 0.4) is 0 Å². The molecule has 4 nitrogen and oxygen atoms in total. The van der Waals surface area contributed by atoms with Gasteiger partial charge in [0.1, 0.15) is 0 Å². The van der Waals surface area contributed by atoms with Gasteiger partial charge in [-0.05, 0) is 26.3 Å². The zero-order valence-corrected chi connectivity index (χ0v) is 8.54. The molecule has 14 heavy (non-hydrogen) atoms. The van der Waals surface area contributed by atoms with E-state index in [0.29, 0.717) is 19.8 Å². The van der Waals surface area contributed by atoms with Gasteiger partial charge in [-0.15, -0.1) is 0 Å². The summed E-state index contributed by atoms with van der Waals surface area (Å²) in [5, 5.41) is 3.40. The third kappa shape index (κ3) is 1.53. The number of ether oxygens (including phenoxy) is 2. The molecule has 1 spiro atoms. The Hall–Kier alpha value is -0.610. The highest BCUT2D eigenvalue weighted by Crippen LogP contribution is 2.33. The molecular weight excluding hydrogens is 182 g/mol. The van der Waals surface area contributed by atoms with Crippen molar-refractivity contribution in [2.45, 2.75) is 25.3 Å². The number of piperidine rings is 1. The maximum absolute atomic E-state index is 11.7. The van der Waals surface area contributed by atoms with Crippen molar-refractivity contribution in [3.8, 4) is 0 Å². The normalized spacial score (nSPS) is 29.6. The van der Waals surface area contributed by atoms with Crippen LogP contribution in [-0.2, 0) is 14.3 Å². The molecule has 4 heteroatoms. The number of esters is 1. The molecule has 0 radical (unpaired) electrons. The molecule has 0 aliphatic carbocycles. The molecular formula is C10H17NO3. The van der Waals surface area contributed by atoms with Gasteiger partial charge in [-0.2, -0.15) is 0 Å². The Morgan fingerprint density at radius 2 is 2.43 bits per heavy atom. The third-order valence-electron chi connectivity index (χ3n) is 3.10. The fourth-order valence-corrected chi connectivity index (χ4v) is 2.25. The topological polar surface area (TPSA) is 47.6 Å². The molecule has 2 aliphatic heterocycles. The van der Waals surface area contributed by atoms with Gasteiger partial charge in [-0.3, -0.25) is 4.79 Å². The summed E-state index contributed by atoms with van der Waals surface area (Å²) in [6.07, 6.45) is 1.97. The molecule has 2 heterocycles. The minimum atomic E-state index is -0.107. The maximum Gasteiger partial charge on any atom is 0.310 e. The Morgan fingerprint density at radius 1 is 1.64 bits per heavy atom. The van der Waals surface area contributed by atoms with Crippen molar-refractivity contribution in [3.05, 3.63) is 0 Å². The van der Waals surface area contributed by atoms with Gasteiger partial charge in [0.25, 0.3) is 0 Å². The van der Waals surface area contributed by atoms with Gasteiger partial charge in [0, 0.05) is 0 Å². The van der Waals surface area contributed by atoms with E-state index in [2.05, 4.69) is 5.32 Å². The Bertz CT molecular complexity index is 225. The summed E-state index contributed by atoms with van der Waals surface area (Å²) in [4.78, 5) is 11.7. The standard InChI is InChI=1S/C10H17NO3/c1-2-14-9(12)8-4-3-5-11-10(8)6-13-7-10/h8,11H,2-7H2,1H3. The summed E-state index contributed by atoms with van der Waals surface area (Å²) >= 11 is 0. The van der Waals surface area contributed by atoms with Crippen LogP contribution in [0.4, 0.5) is 0 Å². The number of rotatable bonds is 2. The lowest BCUT2D eigenvalue weighted by Gasteiger charge is -2.49. The van der Waals surface area contributed by atoms with E-state index in [-0.39, 0.29) is 17.4 Å². The van der Waals surface area contributed by atoms with Crippen molar-refractivity contribution in [2.24, 2.45) is 5.92 Å². The molecule has 0 bridgehead atoms. The number of nitrogens with one attached hydrogen (secondary N) is 1. The molecule has 1 atom stereocenters. The van der Waals surface area contributed by atoms with E-state index in [9.17, 15) is 4.79 Å². The van der Waals surface area contributed by atoms with Crippen LogP contribution < -0.4 is 5.32 Å². The summed E-state index contributed by atoms with van der Waals surface area (Å²) in [7, 11) is 0. The Kier molecular flexibility index (Phi) is 2.74. The summed E-state index contributed by atoms with van der Waals surface area (Å²) < 4.78 is 10.3. The molecule has 0 aromatic carbocycles. The maximum atomic E-state index is 11.7. The minimum Gasteiger partial charge on any atom is -0.466 e. The highest BCUT2D eigenvalue weighted by atomic mass is 16.5. The Balaban J connectivity index is 2.03. The van der Waals surface area contributed by atoms with Crippen LogP contribution in [0.2, 0.25) is 0 Å². The molecule has 2 saturated heterocycles. The van der Waals surface area contributed by atoms with Crippen LogP contribution in [-0.4, -0.2) is 37.9 Å². The predicted molar refractivity (Wildman–Crippen MR) is 50.9 cm³/mol. The van der Waals surface area contributed by atoms with Gasteiger partial charge in [0.05, 0.1) is 31.3 Å². The second-order valence-electron chi connectivity index (χ2n) is 4.02. The van der Waals surface area contributed by atoms with Crippen molar-refractivity contribution in [1.82, 2.24) is 5.32 Å². The predicted octanol–water partition coefficient (Wildman–Crippen LogP) is 0.318. The molecule has 2 aliphatic rings. The van der Waals surface area contributed by atoms with Crippen LogP contribution in [0, 0.1) is 5.92 Å². The molecule has 0 aromatic heterocycles. The number of carbonyl (C=O) groups is 1. The fraction of sp³-hybridized carbons (Fsp3) is 0.900. The molecule has 0 aromatic rings. The van der Waals surface area contributed by atoms with Crippen LogP contribution in [0.1, 0.15) is 19.8 Å². The lowest BCUT2D eigenvalue weighted by molar-refractivity contribution is -0.169. The molecule has 2 fully saturated rings. The van der Waals surface area contributed by atoms with Gasteiger partial charge >= 0.3 is 5.97 Å². The molecule has 1 unspecified atom stereocenters. The van der Waals surface area contributed by atoms with Crippen molar-refractivity contribution in [3.63, 3.8) is 0 Å². The van der Waals surface area contributed by atoms with E-state index in [1.807, 2.05) is 6.92 Å². The number of carbonyl (C=O) groups excluding carboxylic acids is 1. The average Bonchev–Trinajstić information content (AvgIpc) is 2.16. The lowest BCUT2D eigenvalue weighted by atomic mass is 9.76. The van der Waals surface area contributed by atoms with Crippen LogP contribution >= 0.6 is 0 Å². The van der Waals surface area contributed by atoms with Gasteiger partial charge in [0.15, 0.2) is 0 Å². The highest BCUT2D eigenvalue weighted by Gasteiger charge is 2.50. The van der Waals surface area contributed by atoms with Crippen LogP contribution in [0.25, 0.3) is 0 Å². The zero-order chi connectivity index (χ0) is 10.0. The minimum absolute atomic E-state index is 0.00931. The van der Waals surface area contributed by atoms with E-state index in [0.717, 1.165) is 19.4 Å². The monoisotopic (exact) mass is 199 g/mol. The van der Waals surface area contributed by atoms with Crippen molar-refractivity contribution in [2.75, 3.05) is 26.4 Å². The van der Waals surface area contributed by atoms with Crippen molar-refractivity contribution >= 4 is 5.97 Å². The summed E-state index contributed by atoms with van der Waals surface area (Å²) in [6, 6.07) is 0. The van der Waals surface area contributed by atoms with Crippen molar-refractivity contribution in [1.29, 1.82) is 0 Å². The summed E-state index contributed by atoms with van der Waals surface area (Å²) in [5.41, 5.74) is -0.107. The second-order valence-corrected chi connectivity index (χ2v) is 4.02. The van der Waals surface area contributed by atoms with E-state index >= 15 is 0 Å².